The standard InChI is InChI=1S/C19H32BrF3O4/c1-4-7-8-9-10-11-12-13-26-16(24)18(5-2,6-3)17(25)27-15(14-20)19(21,22)23/h15H,4-14H2,1-3H3. The van der Waals surface area contributed by atoms with Crippen molar-refractivity contribution in [2.75, 3.05) is 11.9 Å². The highest BCUT2D eigenvalue weighted by atomic mass is 79.9. The molecule has 0 saturated heterocycles. The molecule has 4 nitrogen and oxygen atoms in total. The average Bonchev–Trinajstić information content (AvgIpc) is 2.62. The van der Waals surface area contributed by atoms with Crippen molar-refractivity contribution in [1.82, 2.24) is 0 Å². The van der Waals surface area contributed by atoms with Gasteiger partial charge in [0, 0.05) is 5.33 Å². The number of carbonyl (C=O) groups excluding carboxylic acids is 2. The second-order valence-electron chi connectivity index (χ2n) is 6.64. The smallest absolute Gasteiger partial charge is 0.426 e. The summed E-state index contributed by atoms with van der Waals surface area (Å²) in [5.41, 5.74) is -1.70. The molecule has 0 fully saturated rings. The van der Waals surface area contributed by atoms with Crippen LogP contribution in [0.5, 0.6) is 0 Å². The molecule has 0 saturated carbocycles. The van der Waals surface area contributed by atoms with Gasteiger partial charge in [-0.1, -0.05) is 75.2 Å². The van der Waals surface area contributed by atoms with Crippen molar-refractivity contribution in [3.05, 3.63) is 0 Å². The third-order valence-electron chi connectivity index (χ3n) is 4.72. The van der Waals surface area contributed by atoms with Crippen LogP contribution in [0.2, 0.25) is 0 Å². The van der Waals surface area contributed by atoms with Crippen LogP contribution in [-0.2, 0) is 19.1 Å². The Morgan fingerprint density at radius 3 is 1.85 bits per heavy atom. The van der Waals surface area contributed by atoms with Gasteiger partial charge in [-0.3, -0.25) is 9.59 Å². The number of halogens is 4. The lowest BCUT2D eigenvalue weighted by Gasteiger charge is -2.29. The minimum absolute atomic E-state index is 0.0189. The van der Waals surface area contributed by atoms with E-state index >= 15 is 0 Å². The van der Waals surface area contributed by atoms with Crippen LogP contribution in [-0.4, -0.2) is 36.2 Å². The fourth-order valence-corrected chi connectivity index (χ4v) is 3.20. The molecule has 160 valence electrons. The number of rotatable bonds is 14. The van der Waals surface area contributed by atoms with Crippen LogP contribution in [0.3, 0.4) is 0 Å². The average molecular weight is 461 g/mol. The van der Waals surface area contributed by atoms with Gasteiger partial charge in [-0.25, -0.2) is 0 Å². The number of ether oxygens (including phenoxy) is 2. The number of hydrogen-bond acceptors (Lipinski definition) is 4. The number of alkyl halides is 4. The van der Waals surface area contributed by atoms with E-state index in [1.807, 2.05) is 0 Å². The first-order valence-corrected chi connectivity index (χ1v) is 10.8. The van der Waals surface area contributed by atoms with Crippen LogP contribution in [0, 0.1) is 5.41 Å². The van der Waals surface area contributed by atoms with E-state index in [0.717, 1.165) is 19.3 Å². The molecule has 0 aliphatic carbocycles. The molecule has 27 heavy (non-hydrogen) atoms. The van der Waals surface area contributed by atoms with Gasteiger partial charge in [0.2, 0.25) is 6.10 Å². The Morgan fingerprint density at radius 1 is 0.889 bits per heavy atom. The summed E-state index contributed by atoms with van der Waals surface area (Å²) >= 11 is 2.70. The fraction of sp³-hybridized carbons (Fsp3) is 0.895. The maximum absolute atomic E-state index is 12.9. The van der Waals surface area contributed by atoms with E-state index in [1.165, 1.54) is 19.3 Å². The summed E-state index contributed by atoms with van der Waals surface area (Å²) in [5, 5.41) is -0.584. The molecule has 0 aromatic heterocycles. The predicted molar refractivity (Wildman–Crippen MR) is 102 cm³/mol. The lowest BCUT2D eigenvalue weighted by molar-refractivity contribution is -0.222. The summed E-state index contributed by atoms with van der Waals surface area (Å²) in [5.74, 6) is -1.99. The van der Waals surface area contributed by atoms with Crippen LogP contribution in [0.25, 0.3) is 0 Å². The monoisotopic (exact) mass is 460 g/mol. The predicted octanol–water partition coefficient (Wildman–Crippen LogP) is 5.96. The molecule has 0 radical (unpaired) electrons. The summed E-state index contributed by atoms with van der Waals surface area (Å²) in [6.07, 6.45) is 0.370. The minimum Gasteiger partial charge on any atom is -0.465 e. The summed E-state index contributed by atoms with van der Waals surface area (Å²) in [4.78, 5) is 24.8. The quantitative estimate of drug-likeness (QED) is 0.139. The second-order valence-corrected chi connectivity index (χ2v) is 7.28. The van der Waals surface area contributed by atoms with Crippen molar-refractivity contribution in [2.45, 2.75) is 90.8 Å². The molecule has 0 aromatic rings. The molecule has 0 heterocycles. The Morgan fingerprint density at radius 2 is 1.41 bits per heavy atom. The first-order chi connectivity index (χ1) is 12.7. The zero-order chi connectivity index (χ0) is 20.9. The number of carbonyl (C=O) groups is 2. The summed E-state index contributed by atoms with van der Waals surface area (Å²) < 4.78 is 48.4. The van der Waals surface area contributed by atoms with Crippen molar-refractivity contribution < 1.29 is 32.2 Å². The van der Waals surface area contributed by atoms with Crippen LogP contribution in [0.1, 0.15) is 78.6 Å². The number of hydrogen-bond donors (Lipinski definition) is 0. The van der Waals surface area contributed by atoms with Gasteiger partial charge in [0.15, 0.2) is 5.41 Å². The minimum atomic E-state index is -4.70. The van der Waals surface area contributed by atoms with E-state index in [0.29, 0.717) is 6.42 Å². The van der Waals surface area contributed by atoms with Gasteiger partial charge in [-0.2, -0.15) is 13.2 Å². The molecule has 0 amide bonds. The van der Waals surface area contributed by atoms with E-state index in [-0.39, 0.29) is 19.4 Å². The zero-order valence-corrected chi connectivity index (χ0v) is 18.1. The zero-order valence-electron chi connectivity index (χ0n) is 16.5. The number of unbranched alkanes of at least 4 members (excludes halogenated alkanes) is 6. The van der Waals surface area contributed by atoms with Gasteiger partial charge in [-0.15, -0.1) is 0 Å². The molecule has 0 bridgehead atoms. The molecule has 0 rings (SSSR count). The normalized spacial score (nSPS) is 13.3. The third-order valence-corrected chi connectivity index (χ3v) is 5.31. The third kappa shape index (κ3) is 8.83. The van der Waals surface area contributed by atoms with Crippen molar-refractivity contribution in [1.29, 1.82) is 0 Å². The number of esters is 2. The molecule has 0 aliphatic heterocycles. The molecule has 0 aromatic carbocycles. The molecule has 0 aliphatic rings. The maximum atomic E-state index is 12.9. The lowest BCUT2D eigenvalue weighted by atomic mass is 9.82. The van der Waals surface area contributed by atoms with Crippen LogP contribution in [0.4, 0.5) is 13.2 Å². The highest BCUT2D eigenvalue weighted by molar-refractivity contribution is 9.09. The van der Waals surface area contributed by atoms with Crippen LogP contribution in [0.15, 0.2) is 0 Å². The molecule has 1 atom stereocenters. The maximum Gasteiger partial charge on any atom is 0.426 e. The highest BCUT2D eigenvalue weighted by Gasteiger charge is 2.50. The van der Waals surface area contributed by atoms with E-state index in [4.69, 9.17) is 4.74 Å². The molecular weight excluding hydrogens is 429 g/mol. The molecule has 8 heteroatoms. The van der Waals surface area contributed by atoms with Crippen molar-refractivity contribution >= 4 is 27.9 Å². The molecule has 0 N–H and O–H groups in total. The van der Waals surface area contributed by atoms with Crippen molar-refractivity contribution in [3.63, 3.8) is 0 Å². The fourth-order valence-electron chi connectivity index (χ4n) is 2.70. The second kappa shape index (κ2) is 13.4. The lowest BCUT2D eigenvalue weighted by Crippen LogP contribution is -2.45. The molecule has 0 spiro atoms. The largest absolute Gasteiger partial charge is 0.465 e. The topological polar surface area (TPSA) is 52.6 Å². The first kappa shape index (κ1) is 26.2. The molecular formula is C19H32BrF3O4. The van der Waals surface area contributed by atoms with Crippen LogP contribution >= 0.6 is 15.9 Å². The Labute approximate surface area is 168 Å². The van der Waals surface area contributed by atoms with E-state index in [9.17, 15) is 22.8 Å². The van der Waals surface area contributed by atoms with Gasteiger partial charge in [-0.05, 0) is 19.3 Å². The van der Waals surface area contributed by atoms with Gasteiger partial charge in [0.1, 0.15) is 0 Å². The summed E-state index contributed by atoms with van der Waals surface area (Å²) in [6.45, 7) is 5.43. The highest BCUT2D eigenvalue weighted by Crippen LogP contribution is 2.33. The summed E-state index contributed by atoms with van der Waals surface area (Å²) in [7, 11) is 0. The van der Waals surface area contributed by atoms with Gasteiger partial charge >= 0.3 is 18.1 Å². The first-order valence-electron chi connectivity index (χ1n) is 9.70. The van der Waals surface area contributed by atoms with E-state index < -0.39 is 35.0 Å². The van der Waals surface area contributed by atoms with Crippen LogP contribution < -0.4 is 0 Å². The van der Waals surface area contributed by atoms with Crippen molar-refractivity contribution in [3.8, 4) is 0 Å². The SMILES string of the molecule is CCCCCCCCCOC(=O)C(CC)(CC)C(=O)OC(CBr)C(F)(F)F. The van der Waals surface area contributed by atoms with Gasteiger partial charge in [0.25, 0.3) is 0 Å². The Hall–Kier alpha value is -0.790. The Bertz CT molecular complexity index is 437. The van der Waals surface area contributed by atoms with Gasteiger partial charge < -0.3 is 9.47 Å². The van der Waals surface area contributed by atoms with Crippen molar-refractivity contribution in [2.24, 2.45) is 5.41 Å². The Balaban J connectivity index is 4.64. The van der Waals surface area contributed by atoms with E-state index in [1.54, 1.807) is 13.8 Å². The summed E-state index contributed by atoms with van der Waals surface area (Å²) in [6, 6.07) is 0. The van der Waals surface area contributed by atoms with E-state index in [2.05, 4.69) is 27.6 Å². The Kier molecular flexibility index (Phi) is 13.0. The van der Waals surface area contributed by atoms with Gasteiger partial charge in [0.05, 0.1) is 6.61 Å². The molecule has 1 unspecified atom stereocenters.